The summed E-state index contributed by atoms with van der Waals surface area (Å²) in [6, 6.07) is 11.7. The van der Waals surface area contributed by atoms with E-state index in [1.807, 2.05) is 13.0 Å². The number of ether oxygens (including phenoxy) is 3. The smallest absolute Gasteiger partial charge is 0.333 e. The van der Waals surface area contributed by atoms with Gasteiger partial charge in [0.25, 0.3) is 5.91 Å². The van der Waals surface area contributed by atoms with Crippen LogP contribution >= 0.6 is 0 Å². The highest BCUT2D eigenvalue weighted by atomic mass is 16.7. The maximum Gasteiger partial charge on any atom is 0.333 e. The second kappa shape index (κ2) is 6.44. The lowest BCUT2D eigenvalue weighted by molar-refractivity contribution is -0.113. The van der Waals surface area contributed by atoms with Gasteiger partial charge < -0.3 is 19.5 Å². The van der Waals surface area contributed by atoms with Crippen LogP contribution in [0.25, 0.3) is 6.08 Å². The predicted octanol–water partition coefficient (Wildman–Crippen LogP) is 2.91. The van der Waals surface area contributed by atoms with Gasteiger partial charge in [-0.2, -0.15) is 0 Å². The summed E-state index contributed by atoms with van der Waals surface area (Å²) in [4.78, 5) is 26.1. The Morgan fingerprint density at radius 1 is 1.15 bits per heavy atom. The van der Waals surface area contributed by atoms with E-state index in [4.69, 9.17) is 14.2 Å². The van der Waals surface area contributed by atoms with Crippen molar-refractivity contribution in [2.24, 2.45) is 0 Å². The number of imide groups is 1. The van der Waals surface area contributed by atoms with E-state index in [2.05, 4.69) is 5.32 Å². The molecule has 4 rings (SSSR count). The Labute approximate surface area is 149 Å². The van der Waals surface area contributed by atoms with Gasteiger partial charge in [-0.3, -0.25) is 4.79 Å². The first kappa shape index (κ1) is 16.0. The summed E-state index contributed by atoms with van der Waals surface area (Å²) in [5.41, 5.74) is 1.29. The zero-order valence-corrected chi connectivity index (χ0v) is 14.0. The van der Waals surface area contributed by atoms with Crippen LogP contribution in [0.4, 0.5) is 10.5 Å². The van der Waals surface area contributed by atoms with Crippen LogP contribution in [0.2, 0.25) is 0 Å². The van der Waals surface area contributed by atoms with Crippen molar-refractivity contribution >= 4 is 23.7 Å². The van der Waals surface area contributed by atoms with Crippen molar-refractivity contribution in [1.82, 2.24) is 5.32 Å². The van der Waals surface area contributed by atoms with Crippen molar-refractivity contribution in [1.29, 1.82) is 0 Å². The van der Waals surface area contributed by atoms with Crippen LogP contribution < -0.4 is 24.4 Å². The highest BCUT2D eigenvalue weighted by molar-refractivity contribution is 6.28. The maximum atomic E-state index is 12.7. The molecule has 2 aromatic carbocycles. The number of nitrogens with zero attached hydrogens (tertiary/aromatic N) is 1. The maximum absolute atomic E-state index is 12.7. The van der Waals surface area contributed by atoms with E-state index < -0.39 is 11.9 Å². The fourth-order valence-electron chi connectivity index (χ4n) is 2.83. The topological polar surface area (TPSA) is 77.1 Å². The number of nitrogens with one attached hydrogen (secondary N) is 1. The van der Waals surface area contributed by atoms with Crippen LogP contribution in [0.3, 0.4) is 0 Å². The minimum atomic E-state index is -0.494. The number of carbonyl (C=O) groups excluding carboxylic acids is 2. The summed E-state index contributed by atoms with van der Waals surface area (Å²) in [5, 5.41) is 2.61. The van der Waals surface area contributed by atoms with Crippen molar-refractivity contribution in [2.75, 3.05) is 18.3 Å². The third kappa shape index (κ3) is 2.73. The summed E-state index contributed by atoms with van der Waals surface area (Å²) in [7, 11) is 0. The monoisotopic (exact) mass is 352 g/mol. The van der Waals surface area contributed by atoms with Crippen molar-refractivity contribution in [3.05, 3.63) is 53.7 Å². The molecule has 7 heteroatoms. The number of rotatable bonds is 4. The molecule has 132 valence electrons. The Bertz CT molecular complexity index is 908. The lowest BCUT2D eigenvalue weighted by atomic mass is 10.1. The van der Waals surface area contributed by atoms with E-state index in [9.17, 15) is 9.59 Å². The Balaban J connectivity index is 1.71. The van der Waals surface area contributed by atoms with E-state index in [0.29, 0.717) is 35.1 Å². The molecule has 3 amide bonds. The number of carbonyl (C=O) groups is 2. The first-order chi connectivity index (χ1) is 12.7. The average Bonchev–Trinajstić information content (AvgIpc) is 3.20. The number of hydrogen-bond acceptors (Lipinski definition) is 5. The fourth-order valence-corrected chi connectivity index (χ4v) is 2.83. The Morgan fingerprint density at radius 2 is 1.88 bits per heavy atom. The molecule has 0 aromatic heterocycles. The average molecular weight is 352 g/mol. The molecule has 0 atom stereocenters. The molecule has 0 aliphatic carbocycles. The van der Waals surface area contributed by atoms with Gasteiger partial charge in [-0.15, -0.1) is 0 Å². The Kier molecular flexibility index (Phi) is 3.96. The fraction of sp³-hybridized carbons (Fsp3) is 0.158. The van der Waals surface area contributed by atoms with Gasteiger partial charge in [0.05, 0.1) is 12.3 Å². The van der Waals surface area contributed by atoms with Crippen LogP contribution in [0.1, 0.15) is 12.5 Å². The molecular formula is C19H16N2O5. The van der Waals surface area contributed by atoms with Gasteiger partial charge in [-0.1, -0.05) is 18.2 Å². The molecule has 0 radical (unpaired) electrons. The molecule has 1 saturated heterocycles. The van der Waals surface area contributed by atoms with Crippen LogP contribution in [-0.4, -0.2) is 25.3 Å². The zero-order chi connectivity index (χ0) is 18.1. The summed E-state index contributed by atoms with van der Waals surface area (Å²) in [6.45, 7) is 2.45. The molecule has 1 N–H and O–H groups in total. The number of benzene rings is 2. The zero-order valence-electron chi connectivity index (χ0n) is 14.0. The van der Waals surface area contributed by atoms with Gasteiger partial charge in [0, 0.05) is 11.6 Å². The van der Waals surface area contributed by atoms with Gasteiger partial charge in [0.2, 0.25) is 6.79 Å². The molecule has 26 heavy (non-hydrogen) atoms. The van der Waals surface area contributed by atoms with Crippen molar-refractivity contribution in [2.45, 2.75) is 6.92 Å². The largest absolute Gasteiger partial charge is 0.493 e. The predicted molar refractivity (Wildman–Crippen MR) is 94.2 cm³/mol. The first-order valence-corrected chi connectivity index (χ1v) is 8.16. The molecule has 1 fully saturated rings. The van der Waals surface area contributed by atoms with Crippen LogP contribution in [0, 0.1) is 0 Å². The Morgan fingerprint density at radius 3 is 2.62 bits per heavy atom. The number of hydrogen-bond donors (Lipinski definition) is 1. The third-order valence-electron chi connectivity index (χ3n) is 4.00. The molecule has 2 aliphatic heterocycles. The highest BCUT2D eigenvalue weighted by Crippen LogP contribution is 2.39. The van der Waals surface area contributed by atoms with Gasteiger partial charge in [-0.05, 0) is 31.2 Å². The summed E-state index contributed by atoms with van der Waals surface area (Å²) in [6.07, 6.45) is 1.58. The van der Waals surface area contributed by atoms with Gasteiger partial charge in [0.1, 0.15) is 11.4 Å². The summed E-state index contributed by atoms with van der Waals surface area (Å²) in [5.74, 6) is 1.27. The van der Waals surface area contributed by atoms with Crippen molar-refractivity contribution < 1.29 is 23.8 Å². The molecule has 0 bridgehead atoms. The van der Waals surface area contributed by atoms with Crippen LogP contribution in [0.5, 0.6) is 17.2 Å². The normalized spacial score (nSPS) is 17.0. The minimum absolute atomic E-state index is 0.137. The molecular weight excluding hydrogens is 336 g/mol. The van der Waals surface area contributed by atoms with Gasteiger partial charge >= 0.3 is 6.03 Å². The minimum Gasteiger partial charge on any atom is -0.493 e. The number of fused-ring (bicyclic) bond motifs is 1. The second-order valence-corrected chi connectivity index (χ2v) is 5.64. The van der Waals surface area contributed by atoms with Crippen molar-refractivity contribution in [3.8, 4) is 17.2 Å². The molecule has 0 saturated carbocycles. The number of para-hydroxylation sites is 1. The SMILES string of the molecule is CCOc1cc2c(cc1/C=C1/NC(=O)N(c3ccccc3)C1=O)OCO2. The molecule has 0 unspecified atom stereocenters. The van der Waals surface area contributed by atoms with E-state index >= 15 is 0 Å². The lowest BCUT2D eigenvalue weighted by Gasteiger charge is -2.11. The van der Waals surface area contributed by atoms with Gasteiger partial charge in [-0.25, -0.2) is 9.69 Å². The Hall–Kier alpha value is -3.48. The third-order valence-corrected chi connectivity index (χ3v) is 4.00. The van der Waals surface area contributed by atoms with E-state index in [0.717, 1.165) is 4.90 Å². The van der Waals surface area contributed by atoms with E-state index in [1.165, 1.54) is 0 Å². The first-order valence-electron chi connectivity index (χ1n) is 8.16. The highest BCUT2D eigenvalue weighted by Gasteiger charge is 2.35. The van der Waals surface area contributed by atoms with Crippen LogP contribution in [-0.2, 0) is 4.79 Å². The van der Waals surface area contributed by atoms with E-state index in [1.54, 1.807) is 42.5 Å². The van der Waals surface area contributed by atoms with E-state index in [-0.39, 0.29) is 12.5 Å². The number of amides is 3. The molecule has 7 nitrogen and oxygen atoms in total. The van der Waals surface area contributed by atoms with Crippen molar-refractivity contribution in [3.63, 3.8) is 0 Å². The molecule has 2 aliphatic rings. The number of urea groups is 1. The molecule has 2 aromatic rings. The van der Waals surface area contributed by atoms with Gasteiger partial charge in [0.15, 0.2) is 11.5 Å². The quantitative estimate of drug-likeness (QED) is 0.676. The standard InChI is InChI=1S/C19H16N2O5/c1-2-24-15-10-17-16(25-11-26-17)9-12(15)8-14-18(22)21(19(23)20-14)13-6-4-3-5-7-13/h3-10H,2,11H2,1H3,(H,20,23)/b14-8+. The lowest BCUT2D eigenvalue weighted by Crippen LogP contribution is -2.30. The molecule has 2 heterocycles. The van der Waals surface area contributed by atoms with Crippen LogP contribution in [0.15, 0.2) is 48.2 Å². The second-order valence-electron chi connectivity index (χ2n) is 5.64. The number of anilines is 1. The summed E-state index contributed by atoms with van der Waals surface area (Å²) >= 11 is 0. The molecule has 0 spiro atoms. The summed E-state index contributed by atoms with van der Waals surface area (Å²) < 4.78 is 16.4.